The van der Waals surface area contributed by atoms with Crippen molar-refractivity contribution in [3.8, 4) is 0 Å². The lowest BCUT2D eigenvalue weighted by Crippen LogP contribution is -2.19. The van der Waals surface area contributed by atoms with Crippen LogP contribution in [0.3, 0.4) is 0 Å². The van der Waals surface area contributed by atoms with E-state index < -0.39 is 27.2 Å². The lowest BCUT2D eigenvalue weighted by atomic mass is 10.1. The Kier molecular flexibility index (Phi) is 12.9. The highest BCUT2D eigenvalue weighted by Crippen LogP contribution is 2.16. The summed E-state index contributed by atoms with van der Waals surface area (Å²) in [5.74, 6) is -0.786. The minimum absolute atomic E-state index is 0.175. The zero-order valence-electron chi connectivity index (χ0n) is 15.1. The minimum atomic E-state index is -3.12. The Labute approximate surface area is 147 Å². The summed E-state index contributed by atoms with van der Waals surface area (Å²) in [7, 11) is -3.12. The number of hydrogen-bond donors (Lipinski definition) is 2. The van der Waals surface area contributed by atoms with Crippen LogP contribution in [0, 0.1) is 0 Å². The molecule has 0 saturated carbocycles. The van der Waals surface area contributed by atoms with Crippen molar-refractivity contribution in [2.75, 3.05) is 6.26 Å². The average Bonchev–Trinajstić information content (AvgIpc) is 2.47. The van der Waals surface area contributed by atoms with Crippen molar-refractivity contribution in [3.63, 3.8) is 0 Å². The van der Waals surface area contributed by atoms with Gasteiger partial charge in [0.1, 0.15) is 0 Å². The van der Waals surface area contributed by atoms with Crippen LogP contribution in [-0.2, 0) is 14.6 Å². The molecule has 0 saturated heterocycles. The van der Waals surface area contributed by atoms with Crippen LogP contribution in [0.5, 0.6) is 0 Å². The first-order valence-corrected chi connectivity index (χ1v) is 11.0. The Hall–Kier alpha value is -0.880. The third kappa shape index (κ3) is 13.5. The molecule has 0 bridgehead atoms. The van der Waals surface area contributed by atoms with Crippen molar-refractivity contribution in [1.82, 2.24) is 0 Å². The number of carboxylic acids is 1. The molecule has 0 heterocycles. The Balaban J connectivity index is 4.13. The van der Waals surface area contributed by atoms with Crippen LogP contribution < -0.4 is 0 Å². The maximum absolute atomic E-state index is 11.9. The van der Waals surface area contributed by atoms with Gasteiger partial charge in [-0.25, -0.2) is 8.42 Å². The van der Waals surface area contributed by atoms with Crippen molar-refractivity contribution in [2.45, 2.75) is 88.9 Å². The summed E-state index contributed by atoms with van der Waals surface area (Å²) in [6.07, 6.45) is 12.4. The van der Waals surface area contributed by atoms with Gasteiger partial charge in [-0.15, -0.1) is 0 Å². The summed E-state index contributed by atoms with van der Waals surface area (Å²) < 4.78 is 23.7. The number of aliphatic hydroxyl groups excluding tert-OH is 1. The van der Waals surface area contributed by atoms with E-state index in [2.05, 4.69) is 6.92 Å². The standard InChI is InChI=1S/C18H34O5S/c1-3-4-7-11-16(19)12-10-14-17(24(2,22)23)13-8-5-6-9-15-18(20)21/h10,12,16-17,19H,3-9,11,13-15H2,1-2H3,(H,20,21). The molecule has 2 atom stereocenters. The lowest BCUT2D eigenvalue weighted by molar-refractivity contribution is -0.137. The highest BCUT2D eigenvalue weighted by atomic mass is 32.2. The molecule has 0 aliphatic heterocycles. The molecule has 0 aliphatic carbocycles. The summed E-state index contributed by atoms with van der Waals surface area (Å²) >= 11 is 0. The van der Waals surface area contributed by atoms with Gasteiger partial charge in [0.2, 0.25) is 0 Å². The average molecular weight is 363 g/mol. The van der Waals surface area contributed by atoms with Gasteiger partial charge in [0.05, 0.1) is 11.4 Å². The molecule has 0 radical (unpaired) electrons. The summed E-state index contributed by atoms with van der Waals surface area (Å²) in [5, 5.41) is 18.0. The van der Waals surface area contributed by atoms with Crippen molar-refractivity contribution in [2.24, 2.45) is 0 Å². The monoisotopic (exact) mass is 362 g/mol. The Morgan fingerprint density at radius 1 is 1.04 bits per heavy atom. The maximum Gasteiger partial charge on any atom is 0.303 e. The third-order valence-corrected chi connectivity index (χ3v) is 5.77. The number of allylic oxidation sites excluding steroid dienone is 1. The van der Waals surface area contributed by atoms with Crippen molar-refractivity contribution in [1.29, 1.82) is 0 Å². The van der Waals surface area contributed by atoms with Crippen LogP contribution in [0.2, 0.25) is 0 Å². The van der Waals surface area contributed by atoms with Crippen LogP contribution in [0.1, 0.15) is 77.6 Å². The van der Waals surface area contributed by atoms with Gasteiger partial charge in [0.25, 0.3) is 0 Å². The highest BCUT2D eigenvalue weighted by molar-refractivity contribution is 7.91. The number of rotatable bonds is 15. The molecule has 142 valence electrons. The van der Waals surface area contributed by atoms with E-state index in [0.717, 1.165) is 44.9 Å². The molecule has 0 aromatic carbocycles. The van der Waals surface area contributed by atoms with E-state index in [1.807, 2.05) is 0 Å². The highest BCUT2D eigenvalue weighted by Gasteiger charge is 2.18. The Morgan fingerprint density at radius 2 is 1.67 bits per heavy atom. The van der Waals surface area contributed by atoms with Crippen LogP contribution >= 0.6 is 0 Å². The number of sulfone groups is 1. The summed E-state index contributed by atoms with van der Waals surface area (Å²) in [6, 6.07) is 0. The van der Waals surface area contributed by atoms with Crippen LogP contribution in [0.25, 0.3) is 0 Å². The van der Waals surface area contributed by atoms with E-state index in [0.29, 0.717) is 19.3 Å². The second-order valence-electron chi connectivity index (χ2n) is 6.53. The fourth-order valence-electron chi connectivity index (χ4n) is 2.60. The molecule has 0 rings (SSSR count). The van der Waals surface area contributed by atoms with Gasteiger partial charge in [-0.3, -0.25) is 4.79 Å². The Morgan fingerprint density at radius 3 is 2.25 bits per heavy atom. The molecular formula is C18H34O5S. The van der Waals surface area contributed by atoms with Crippen molar-refractivity contribution >= 4 is 15.8 Å². The molecule has 0 fully saturated rings. The molecule has 0 amide bonds. The predicted molar refractivity (Wildman–Crippen MR) is 97.9 cm³/mol. The maximum atomic E-state index is 11.9. The van der Waals surface area contributed by atoms with Gasteiger partial charge in [-0.2, -0.15) is 0 Å². The molecule has 0 spiro atoms. The van der Waals surface area contributed by atoms with Crippen LogP contribution in [0.15, 0.2) is 12.2 Å². The fourth-order valence-corrected chi connectivity index (χ4v) is 3.65. The zero-order chi connectivity index (χ0) is 18.4. The normalized spacial score (nSPS) is 14.8. The predicted octanol–water partition coefficient (Wildman–Crippen LogP) is 3.71. The van der Waals surface area contributed by atoms with Gasteiger partial charge >= 0.3 is 5.97 Å². The summed E-state index contributed by atoms with van der Waals surface area (Å²) in [6.45, 7) is 2.11. The van der Waals surface area contributed by atoms with Crippen molar-refractivity contribution in [3.05, 3.63) is 12.2 Å². The molecule has 2 unspecified atom stereocenters. The molecule has 0 aromatic heterocycles. The van der Waals surface area contributed by atoms with E-state index in [1.54, 1.807) is 12.2 Å². The van der Waals surface area contributed by atoms with Gasteiger partial charge in [0.15, 0.2) is 9.84 Å². The largest absolute Gasteiger partial charge is 0.481 e. The van der Waals surface area contributed by atoms with E-state index in [1.165, 1.54) is 6.26 Å². The first-order chi connectivity index (χ1) is 11.3. The molecule has 6 heteroatoms. The van der Waals surface area contributed by atoms with E-state index >= 15 is 0 Å². The van der Waals surface area contributed by atoms with Crippen LogP contribution in [0.4, 0.5) is 0 Å². The number of unbranched alkanes of at least 4 members (excludes halogenated alkanes) is 5. The van der Waals surface area contributed by atoms with E-state index in [4.69, 9.17) is 5.11 Å². The molecule has 0 aliphatic rings. The first-order valence-electron chi connectivity index (χ1n) is 9.02. The molecule has 5 nitrogen and oxygen atoms in total. The minimum Gasteiger partial charge on any atom is -0.481 e. The Bertz CT molecular complexity index is 456. The van der Waals surface area contributed by atoms with Crippen molar-refractivity contribution < 1.29 is 23.4 Å². The quantitative estimate of drug-likeness (QED) is 0.342. The number of carboxylic acid groups (broad SMARTS) is 1. The number of aliphatic hydroxyl groups is 1. The molecule has 24 heavy (non-hydrogen) atoms. The topological polar surface area (TPSA) is 91.7 Å². The number of carbonyl (C=O) groups is 1. The fraction of sp³-hybridized carbons (Fsp3) is 0.833. The van der Waals surface area contributed by atoms with Gasteiger partial charge < -0.3 is 10.2 Å². The molecule has 2 N–H and O–H groups in total. The third-order valence-electron chi connectivity index (χ3n) is 4.13. The first kappa shape index (κ1) is 23.1. The van der Waals surface area contributed by atoms with E-state index in [-0.39, 0.29) is 6.42 Å². The smallest absolute Gasteiger partial charge is 0.303 e. The SMILES string of the molecule is CCCCCC(O)C=CCC(CCCCCCC(=O)O)S(C)(=O)=O. The number of aliphatic carboxylic acids is 1. The van der Waals surface area contributed by atoms with E-state index in [9.17, 15) is 18.3 Å². The second-order valence-corrected chi connectivity index (χ2v) is 8.85. The molecule has 0 aromatic rings. The van der Waals surface area contributed by atoms with Crippen LogP contribution in [-0.4, -0.2) is 42.2 Å². The second kappa shape index (κ2) is 13.4. The lowest BCUT2D eigenvalue weighted by Gasteiger charge is -2.13. The zero-order valence-corrected chi connectivity index (χ0v) is 15.9. The van der Waals surface area contributed by atoms with Gasteiger partial charge in [-0.1, -0.05) is 57.6 Å². The summed E-state index contributed by atoms with van der Waals surface area (Å²) in [4.78, 5) is 10.4. The number of hydrogen-bond acceptors (Lipinski definition) is 4. The summed E-state index contributed by atoms with van der Waals surface area (Å²) in [5.41, 5.74) is 0. The van der Waals surface area contributed by atoms with Gasteiger partial charge in [-0.05, 0) is 25.7 Å². The molecular weight excluding hydrogens is 328 g/mol. The van der Waals surface area contributed by atoms with Gasteiger partial charge in [0, 0.05) is 12.7 Å².